The summed E-state index contributed by atoms with van der Waals surface area (Å²) < 4.78 is 14.8. The normalized spacial score (nSPS) is 17.0. The van der Waals surface area contributed by atoms with E-state index in [1.807, 2.05) is 25.1 Å². The molecule has 0 bridgehead atoms. The Morgan fingerprint density at radius 3 is 2.95 bits per heavy atom. The van der Waals surface area contributed by atoms with Crippen molar-refractivity contribution in [2.24, 2.45) is 0 Å². The number of hydrogen-bond donors (Lipinski definition) is 1. The summed E-state index contributed by atoms with van der Waals surface area (Å²) in [4.78, 5) is 13.2. The molecule has 0 saturated heterocycles. The van der Waals surface area contributed by atoms with Gasteiger partial charge in [0.2, 0.25) is 0 Å². The van der Waals surface area contributed by atoms with Gasteiger partial charge in [-0.05, 0) is 48.7 Å². The minimum atomic E-state index is -0.207. The maximum atomic E-state index is 13.9. The van der Waals surface area contributed by atoms with Crippen molar-refractivity contribution in [1.82, 2.24) is 5.32 Å². The van der Waals surface area contributed by atoms with Crippen LogP contribution < -0.4 is 5.32 Å². The smallest absolute Gasteiger partial charge is 0.252 e. The maximum absolute atomic E-state index is 13.9. The molecule has 0 aliphatic carbocycles. The summed E-state index contributed by atoms with van der Waals surface area (Å²) in [6.07, 6.45) is 0.808. The van der Waals surface area contributed by atoms with Gasteiger partial charge in [-0.2, -0.15) is 0 Å². The summed E-state index contributed by atoms with van der Waals surface area (Å²) in [6.45, 7) is 1.91. The predicted octanol–water partition coefficient (Wildman–Crippen LogP) is 4.86. The van der Waals surface area contributed by atoms with Crippen molar-refractivity contribution in [2.45, 2.75) is 24.3 Å². The summed E-state index contributed by atoms with van der Waals surface area (Å²) in [5, 5.41) is 3.04. The number of aryl methyl sites for hydroxylation is 1. The highest BCUT2D eigenvalue weighted by Crippen LogP contribution is 2.37. The molecule has 1 aliphatic heterocycles. The topological polar surface area (TPSA) is 29.1 Å². The number of amides is 1. The van der Waals surface area contributed by atoms with Gasteiger partial charge in [-0.15, -0.1) is 11.8 Å². The van der Waals surface area contributed by atoms with Gasteiger partial charge in [-0.1, -0.05) is 28.1 Å². The number of benzene rings is 2. The highest BCUT2D eigenvalue weighted by atomic mass is 79.9. The fraction of sp³-hybridized carbons (Fsp3) is 0.235. The molecule has 2 aromatic rings. The lowest BCUT2D eigenvalue weighted by Crippen LogP contribution is -2.31. The first-order valence-corrected chi connectivity index (χ1v) is 8.82. The van der Waals surface area contributed by atoms with E-state index in [1.165, 1.54) is 17.8 Å². The zero-order valence-corrected chi connectivity index (χ0v) is 14.4. The first-order valence-electron chi connectivity index (χ1n) is 7.04. The zero-order chi connectivity index (χ0) is 15.7. The van der Waals surface area contributed by atoms with Gasteiger partial charge in [0.15, 0.2) is 0 Å². The predicted molar refractivity (Wildman–Crippen MR) is 90.8 cm³/mol. The van der Waals surface area contributed by atoms with Crippen LogP contribution in [0.4, 0.5) is 4.39 Å². The Morgan fingerprint density at radius 1 is 1.36 bits per heavy atom. The van der Waals surface area contributed by atoms with Crippen molar-refractivity contribution in [1.29, 1.82) is 0 Å². The van der Waals surface area contributed by atoms with Crippen LogP contribution in [-0.4, -0.2) is 11.7 Å². The second kappa shape index (κ2) is 6.42. The number of hydrogen-bond acceptors (Lipinski definition) is 2. The number of carbonyl (C=O) groups excluding carboxylic acids is 1. The average Bonchev–Trinajstić information content (AvgIpc) is 2.48. The third-order valence-corrected chi connectivity index (χ3v) is 5.42. The van der Waals surface area contributed by atoms with Gasteiger partial charge in [-0.3, -0.25) is 4.79 Å². The number of halogens is 2. The molecule has 22 heavy (non-hydrogen) atoms. The molecule has 1 N–H and O–H groups in total. The molecule has 0 radical (unpaired) electrons. The monoisotopic (exact) mass is 379 g/mol. The number of carbonyl (C=O) groups is 1. The van der Waals surface area contributed by atoms with E-state index in [2.05, 4.69) is 21.2 Å². The largest absolute Gasteiger partial charge is 0.345 e. The third-order valence-electron chi connectivity index (χ3n) is 3.76. The Kier molecular flexibility index (Phi) is 4.54. The van der Waals surface area contributed by atoms with Crippen molar-refractivity contribution >= 4 is 33.6 Å². The van der Waals surface area contributed by atoms with E-state index in [0.29, 0.717) is 10.5 Å². The van der Waals surface area contributed by atoms with Gasteiger partial charge >= 0.3 is 0 Å². The first kappa shape index (κ1) is 15.6. The van der Waals surface area contributed by atoms with Crippen molar-refractivity contribution < 1.29 is 9.18 Å². The van der Waals surface area contributed by atoms with Crippen molar-refractivity contribution in [2.75, 3.05) is 5.75 Å². The van der Waals surface area contributed by atoms with Crippen LogP contribution in [0.25, 0.3) is 0 Å². The van der Waals surface area contributed by atoms with Gasteiger partial charge in [0.1, 0.15) is 5.82 Å². The lowest BCUT2D eigenvalue weighted by molar-refractivity contribution is 0.0934. The summed E-state index contributed by atoms with van der Waals surface area (Å²) in [5.41, 5.74) is 2.44. The van der Waals surface area contributed by atoms with E-state index in [9.17, 15) is 9.18 Å². The second-order valence-electron chi connectivity index (χ2n) is 5.28. The molecule has 2 nitrogen and oxygen atoms in total. The summed E-state index contributed by atoms with van der Waals surface area (Å²) in [6, 6.07) is 10.5. The quantitative estimate of drug-likeness (QED) is 0.806. The fourth-order valence-electron chi connectivity index (χ4n) is 2.65. The van der Waals surface area contributed by atoms with Crippen LogP contribution in [0.2, 0.25) is 0 Å². The number of fused-ring (bicyclic) bond motifs is 1. The Bertz CT molecular complexity index is 735. The van der Waals surface area contributed by atoms with Crippen LogP contribution in [0.1, 0.15) is 33.9 Å². The SMILES string of the molecule is Cc1cc(Br)ccc1C(=O)NC1CCSc2c(F)cccc21. The molecule has 0 aromatic heterocycles. The molecule has 1 aliphatic rings. The minimum Gasteiger partial charge on any atom is -0.345 e. The van der Waals surface area contributed by atoms with E-state index in [0.717, 1.165) is 27.8 Å². The van der Waals surface area contributed by atoms with Gasteiger partial charge in [0, 0.05) is 20.7 Å². The van der Waals surface area contributed by atoms with Crippen molar-refractivity contribution in [3.8, 4) is 0 Å². The van der Waals surface area contributed by atoms with Gasteiger partial charge < -0.3 is 5.32 Å². The van der Waals surface area contributed by atoms with Crippen LogP contribution in [0, 0.1) is 12.7 Å². The average molecular weight is 380 g/mol. The molecule has 2 aromatic carbocycles. The molecule has 1 unspecified atom stereocenters. The molecular weight excluding hydrogens is 365 g/mol. The second-order valence-corrected chi connectivity index (χ2v) is 7.30. The van der Waals surface area contributed by atoms with Crippen molar-refractivity contribution in [3.63, 3.8) is 0 Å². The van der Waals surface area contributed by atoms with E-state index in [1.54, 1.807) is 12.1 Å². The molecule has 1 atom stereocenters. The Labute approximate surface area is 141 Å². The maximum Gasteiger partial charge on any atom is 0.252 e. The van der Waals surface area contributed by atoms with Crippen LogP contribution in [0.5, 0.6) is 0 Å². The van der Waals surface area contributed by atoms with Gasteiger partial charge in [-0.25, -0.2) is 4.39 Å². The van der Waals surface area contributed by atoms with E-state index in [-0.39, 0.29) is 17.8 Å². The lowest BCUT2D eigenvalue weighted by atomic mass is 10.0. The lowest BCUT2D eigenvalue weighted by Gasteiger charge is -2.26. The van der Waals surface area contributed by atoms with Crippen LogP contribution in [-0.2, 0) is 0 Å². The third kappa shape index (κ3) is 3.06. The van der Waals surface area contributed by atoms with Gasteiger partial charge in [0.05, 0.1) is 6.04 Å². The first-order chi connectivity index (χ1) is 10.6. The van der Waals surface area contributed by atoms with Crippen molar-refractivity contribution in [3.05, 3.63) is 63.4 Å². The van der Waals surface area contributed by atoms with Crippen LogP contribution in [0.3, 0.4) is 0 Å². The minimum absolute atomic E-state index is 0.114. The van der Waals surface area contributed by atoms with E-state index >= 15 is 0 Å². The number of nitrogens with one attached hydrogen (secondary N) is 1. The summed E-state index contributed by atoms with van der Waals surface area (Å²) >= 11 is 4.91. The summed E-state index contributed by atoms with van der Waals surface area (Å²) in [7, 11) is 0. The Balaban J connectivity index is 1.85. The van der Waals surface area contributed by atoms with Crippen LogP contribution >= 0.6 is 27.7 Å². The molecule has 114 valence electrons. The molecular formula is C17H15BrFNOS. The van der Waals surface area contributed by atoms with Crippen LogP contribution in [0.15, 0.2) is 45.8 Å². The molecule has 0 saturated carbocycles. The Morgan fingerprint density at radius 2 is 2.18 bits per heavy atom. The zero-order valence-electron chi connectivity index (χ0n) is 12.0. The van der Waals surface area contributed by atoms with E-state index in [4.69, 9.17) is 0 Å². The molecule has 0 fully saturated rings. The highest BCUT2D eigenvalue weighted by Gasteiger charge is 2.25. The molecule has 3 rings (SSSR count). The fourth-order valence-corrected chi connectivity index (χ4v) is 4.27. The molecule has 1 amide bonds. The Hall–Kier alpha value is -1.33. The van der Waals surface area contributed by atoms with Gasteiger partial charge in [0.25, 0.3) is 5.91 Å². The number of rotatable bonds is 2. The number of thioether (sulfide) groups is 1. The summed E-state index contributed by atoms with van der Waals surface area (Å²) in [5.74, 6) is 0.483. The molecule has 5 heteroatoms. The standard InChI is InChI=1S/C17H15BrFNOS/c1-10-9-11(18)5-6-12(10)17(21)20-15-7-8-22-16-13(15)3-2-4-14(16)19/h2-6,9,15H,7-8H2,1H3,(H,20,21). The van der Waals surface area contributed by atoms with E-state index < -0.39 is 0 Å². The highest BCUT2D eigenvalue weighted by molar-refractivity contribution is 9.10. The molecule has 0 spiro atoms. The molecule has 1 heterocycles.